The van der Waals surface area contributed by atoms with Crippen LogP contribution in [0.25, 0.3) is 10.2 Å². The van der Waals surface area contributed by atoms with Gasteiger partial charge >= 0.3 is 0 Å². The van der Waals surface area contributed by atoms with E-state index >= 15 is 0 Å². The molecule has 136 valence electrons. The Morgan fingerprint density at radius 3 is 2.81 bits per heavy atom. The average molecular weight is 391 g/mol. The zero-order valence-corrected chi connectivity index (χ0v) is 15.9. The van der Waals surface area contributed by atoms with Crippen LogP contribution < -0.4 is 10.9 Å². The van der Waals surface area contributed by atoms with Crippen molar-refractivity contribution in [1.29, 1.82) is 0 Å². The molecule has 1 aromatic carbocycles. The largest absolute Gasteiger partial charge is 0.325 e. The number of nitrogens with one attached hydrogen (secondary N) is 2. The van der Waals surface area contributed by atoms with Crippen LogP contribution in [-0.4, -0.2) is 33.9 Å². The van der Waals surface area contributed by atoms with Crippen LogP contribution in [0, 0.1) is 0 Å². The van der Waals surface area contributed by atoms with E-state index in [1.807, 2.05) is 23.3 Å². The molecule has 6 nitrogen and oxygen atoms in total. The molecule has 0 bridgehead atoms. The van der Waals surface area contributed by atoms with Crippen molar-refractivity contribution in [1.82, 2.24) is 14.9 Å². The van der Waals surface area contributed by atoms with E-state index in [-0.39, 0.29) is 18.0 Å². The highest BCUT2D eigenvalue weighted by atomic mass is 35.5. The third-order valence-corrected chi connectivity index (χ3v) is 4.93. The Morgan fingerprint density at radius 1 is 1.31 bits per heavy atom. The molecule has 0 saturated carbocycles. The van der Waals surface area contributed by atoms with Gasteiger partial charge in [0.25, 0.3) is 5.56 Å². The number of anilines is 1. The molecule has 0 spiro atoms. The van der Waals surface area contributed by atoms with Gasteiger partial charge in [-0.1, -0.05) is 18.5 Å². The number of fused-ring (bicyclic) bond motifs is 1. The highest BCUT2D eigenvalue weighted by Crippen LogP contribution is 2.15. The third-order valence-electron chi connectivity index (χ3n) is 3.77. The van der Waals surface area contributed by atoms with Gasteiger partial charge in [0.15, 0.2) is 0 Å². The Hall–Kier alpha value is -2.22. The summed E-state index contributed by atoms with van der Waals surface area (Å²) in [6, 6.07) is 8.80. The van der Waals surface area contributed by atoms with Crippen LogP contribution in [0.3, 0.4) is 0 Å². The minimum Gasteiger partial charge on any atom is -0.325 e. The van der Waals surface area contributed by atoms with Gasteiger partial charge in [0.2, 0.25) is 5.91 Å². The van der Waals surface area contributed by atoms with Crippen molar-refractivity contribution in [2.45, 2.75) is 19.9 Å². The van der Waals surface area contributed by atoms with Gasteiger partial charge in [-0.2, -0.15) is 0 Å². The molecule has 26 heavy (non-hydrogen) atoms. The molecule has 3 rings (SSSR count). The first kappa shape index (κ1) is 18.6. The standard InChI is InChI=1S/C18H19ClN4O2S/c1-2-8-23(11-16(24)20-13-5-3-12(19)4-6-13)10-15-21-14-7-9-26-17(14)18(25)22-15/h3-7,9H,2,8,10-11H2,1H3,(H,20,24)(H,21,22,25). The number of thiophene rings is 1. The number of aromatic nitrogens is 2. The Labute approximate surface area is 159 Å². The van der Waals surface area contributed by atoms with E-state index in [4.69, 9.17) is 11.6 Å². The second-order valence-electron chi connectivity index (χ2n) is 5.91. The second-order valence-corrected chi connectivity index (χ2v) is 7.27. The number of nitrogens with zero attached hydrogens (tertiary/aromatic N) is 2. The van der Waals surface area contributed by atoms with Crippen molar-refractivity contribution in [2.75, 3.05) is 18.4 Å². The van der Waals surface area contributed by atoms with E-state index < -0.39 is 0 Å². The lowest BCUT2D eigenvalue weighted by molar-refractivity contribution is -0.117. The van der Waals surface area contributed by atoms with Gasteiger partial charge in [-0.15, -0.1) is 11.3 Å². The first-order chi connectivity index (χ1) is 12.5. The lowest BCUT2D eigenvalue weighted by atomic mass is 10.3. The minimum atomic E-state index is -0.137. The maximum atomic E-state index is 12.3. The second kappa shape index (κ2) is 8.44. The van der Waals surface area contributed by atoms with E-state index in [1.165, 1.54) is 11.3 Å². The molecule has 0 radical (unpaired) electrons. The fourth-order valence-electron chi connectivity index (χ4n) is 2.68. The predicted molar refractivity (Wildman–Crippen MR) is 106 cm³/mol. The van der Waals surface area contributed by atoms with Gasteiger partial charge in [0.1, 0.15) is 10.5 Å². The van der Waals surface area contributed by atoms with Gasteiger partial charge in [0.05, 0.1) is 18.6 Å². The zero-order valence-electron chi connectivity index (χ0n) is 14.3. The summed E-state index contributed by atoms with van der Waals surface area (Å²) in [5.41, 5.74) is 1.25. The summed E-state index contributed by atoms with van der Waals surface area (Å²) in [6.45, 7) is 3.38. The number of carbonyl (C=O) groups is 1. The van der Waals surface area contributed by atoms with E-state index in [2.05, 4.69) is 15.3 Å². The predicted octanol–water partition coefficient (Wildman–Crippen LogP) is 3.49. The summed E-state index contributed by atoms with van der Waals surface area (Å²) >= 11 is 7.23. The summed E-state index contributed by atoms with van der Waals surface area (Å²) in [6.07, 6.45) is 0.888. The van der Waals surface area contributed by atoms with Crippen LogP contribution in [-0.2, 0) is 11.3 Å². The normalized spacial score (nSPS) is 11.2. The number of hydrogen-bond acceptors (Lipinski definition) is 5. The quantitative estimate of drug-likeness (QED) is 0.647. The molecule has 0 aliphatic carbocycles. The van der Waals surface area contributed by atoms with E-state index in [9.17, 15) is 9.59 Å². The summed E-state index contributed by atoms with van der Waals surface area (Å²) in [5.74, 6) is 0.438. The fourth-order valence-corrected chi connectivity index (χ4v) is 3.53. The maximum Gasteiger partial charge on any atom is 0.268 e. The van der Waals surface area contributed by atoms with Gasteiger partial charge in [0, 0.05) is 10.7 Å². The van der Waals surface area contributed by atoms with Crippen LogP contribution in [0.4, 0.5) is 5.69 Å². The summed E-state index contributed by atoms with van der Waals surface area (Å²) in [5, 5.41) is 5.32. The van der Waals surface area contributed by atoms with Gasteiger partial charge in [-0.25, -0.2) is 4.98 Å². The molecule has 1 amide bonds. The molecular formula is C18H19ClN4O2S. The maximum absolute atomic E-state index is 12.3. The lowest BCUT2D eigenvalue weighted by Crippen LogP contribution is -2.34. The summed E-state index contributed by atoms with van der Waals surface area (Å²) in [7, 11) is 0. The molecule has 3 aromatic rings. The van der Waals surface area contributed by atoms with Crippen LogP contribution >= 0.6 is 22.9 Å². The molecule has 0 aliphatic heterocycles. The van der Waals surface area contributed by atoms with Crippen molar-refractivity contribution in [2.24, 2.45) is 0 Å². The Morgan fingerprint density at radius 2 is 2.08 bits per heavy atom. The van der Waals surface area contributed by atoms with Gasteiger partial charge < -0.3 is 10.3 Å². The third kappa shape index (κ3) is 4.69. The number of halogens is 1. The number of carbonyl (C=O) groups excluding carboxylic acids is 1. The average Bonchev–Trinajstić information content (AvgIpc) is 3.06. The Kier molecular flexibility index (Phi) is 6.03. The van der Waals surface area contributed by atoms with Crippen LogP contribution in [0.15, 0.2) is 40.5 Å². The number of H-pyrrole nitrogens is 1. The molecule has 2 aromatic heterocycles. The molecule has 8 heteroatoms. The molecule has 0 unspecified atom stereocenters. The molecule has 2 heterocycles. The van der Waals surface area contributed by atoms with E-state index in [1.54, 1.807) is 24.3 Å². The number of benzene rings is 1. The number of rotatable bonds is 7. The van der Waals surface area contributed by atoms with E-state index in [0.717, 1.165) is 13.0 Å². The molecule has 0 atom stereocenters. The molecule has 0 saturated heterocycles. The van der Waals surface area contributed by atoms with Crippen LogP contribution in [0.1, 0.15) is 19.2 Å². The Bertz CT molecular complexity index is 952. The number of hydrogen-bond donors (Lipinski definition) is 2. The van der Waals surface area contributed by atoms with Gasteiger partial charge in [-0.05, 0) is 48.7 Å². The topological polar surface area (TPSA) is 78.1 Å². The molecule has 0 aliphatic rings. The van der Waals surface area contributed by atoms with Crippen molar-refractivity contribution in [3.8, 4) is 0 Å². The SMILES string of the molecule is CCCN(CC(=O)Nc1ccc(Cl)cc1)Cc1nc2ccsc2c(=O)[nH]1. The van der Waals surface area contributed by atoms with Gasteiger partial charge in [-0.3, -0.25) is 14.5 Å². The van der Waals surface area contributed by atoms with Crippen LogP contribution in [0.5, 0.6) is 0 Å². The zero-order chi connectivity index (χ0) is 18.5. The highest BCUT2D eigenvalue weighted by molar-refractivity contribution is 7.17. The Balaban J connectivity index is 1.68. The first-order valence-corrected chi connectivity index (χ1v) is 9.55. The fraction of sp³-hybridized carbons (Fsp3) is 0.278. The number of aromatic amines is 1. The molecular weight excluding hydrogens is 372 g/mol. The highest BCUT2D eigenvalue weighted by Gasteiger charge is 2.13. The monoisotopic (exact) mass is 390 g/mol. The van der Waals surface area contributed by atoms with Crippen molar-refractivity contribution in [3.63, 3.8) is 0 Å². The molecule has 2 N–H and O–H groups in total. The van der Waals surface area contributed by atoms with Crippen molar-refractivity contribution >= 4 is 44.7 Å². The summed E-state index contributed by atoms with van der Waals surface area (Å²) in [4.78, 5) is 33.7. The minimum absolute atomic E-state index is 0.125. The molecule has 0 fully saturated rings. The van der Waals surface area contributed by atoms with Crippen molar-refractivity contribution in [3.05, 3.63) is 56.9 Å². The number of amides is 1. The summed E-state index contributed by atoms with van der Waals surface area (Å²) < 4.78 is 0.622. The lowest BCUT2D eigenvalue weighted by Gasteiger charge is -2.20. The smallest absolute Gasteiger partial charge is 0.268 e. The van der Waals surface area contributed by atoms with Crippen molar-refractivity contribution < 1.29 is 4.79 Å². The van der Waals surface area contributed by atoms with Crippen LogP contribution in [0.2, 0.25) is 5.02 Å². The van der Waals surface area contributed by atoms with E-state index in [0.29, 0.717) is 33.3 Å². The first-order valence-electron chi connectivity index (χ1n) is 8.29.